The minimum absolute atomic E-state index is 0.897. The normalized spacial score (nSPS) is 13.1. The predicted octanol–water partition coefficient (Wildman–Crippen LogP) is 14.7. The molecule has 266 valence electrons. The van der Waals surface area contributed by atoms with Gasteiger partial charge in [-0.1, -0.05) is 163 Å². The summed E-state index contributed by atoms with van der Waals surface area (Å²) in [7, 11) is 0. The molecule has 1 heteroatoms. The first-order valence-corrected chi connectivity index (χ1v) is 19.7. The number of rotatable bonds is 10. The molecule has 0 radical (unpaired) electrons. The maximum Gasteiger partial charge on any atom is 0.0712 e. The second-order valence-electron chi connectivity index (χ2n) is 14.9. The molecule has 0 fully saturated rings. The zero-order valence-electron chi connectivity index (χ0n) is 31.6. The topological polar surface area (TPSA) is 12.9 Å². The molecule has 0 saturated heterocycles. The molecule has 0 amide bonds. The van der Waals surface area contributed by atoms with Gasteiger partial charge < -0.3 is 0 Å². The molecule has 0 saturated carbocycles. The van der Waals surface area contributed by atoms with E-state index in [0.717, 1.165) is 44.0 Å². The van der Waals surface area contributed by atoms with Gasteiger partial charge in [-0.05, 0) is 123 Å². The molecule has 2 aliphatic carbocycles. The molecule has 0 aliphatic heterocycles. The van der Waals surface area contributed by atoms with Crippen LogP contribution >= 0.6 is 0 Å². The van der Waals surface area contributed by atoms with E-state index < -0.39 is 0 Å². The average Bonchev–Trinajstić information content (AvgIpc) is 3.38. The summed E-state index contributed by atoms with van der Waals surface area (Å²) < 4.78 is 0. The van der Waals surface area contributed by atoms with Crippen molar-refractivity contribution in [3.05, 3.63) is 198 Å². The molecular formula is C54H45N. The minimum atomic E-state index is 0.897. The van der Waals surface area contributed by atoms with Crippen LogP contribution in [0.1, 0.15) is 59.2 Å². The number of hydrogen-bond acceptors (Lipinski definition) is 1. The number of allylic oxidation sites excluding steroid dienone is 7. The highest BCUT2D eigenvalue weighted by atomic mass is 14.7. The average molecular weight is 708 g/mol. The fraction of sp³-hybridized carbons (Fsp3) is 0.130. The van der Waals surface area contributed by atoms with Crippen molar-refractivity contribution in [2.24, 2.45) is 0 Å². The maximum absolute atomic E-state index is 5.19. The number of aromatic nitrogens is 1. The fourth-order valence-corrected chi connectivity index (χ4v) is 8.45. The van der Waals surface area contributed by atoms with E-state index in [0.29, 0.717) is 0 Å². The number of nitrogens with zero attached hydrogens (tertiary/aromatic N) is 1. The van der Waals surface area contributed by atoms with Crippen molar-refractivity contribution < 1.29 is 0 Å². The van der Waals surface area contributed by atoms with Gasteiger partial charge in [-0.2, -0.15) is 0 Å². The Morgan fingerprint density at radius 1 is 0.636 bits per heavy atom. The summed E-state index contributed by atoms with van der Waals surface area (Å²) in [5, 5.41) is 3.74. The molecule has 2 aliphatic rings. The predicted molar refractivity (Wildman–Crippen MR) is 237 cm³/mol. The van der Waals surface area contributed by atoms with Crippen LogP contribution in [0.25, 0.3) is 78.3 Å². The Bertz CT molecular complexity index is 2720. The van der Waals surface area contributed by atoms with Gasteiger partial charge in [0.2, 0.25) is 0 Å². The van der Waals surface area contributed by atoms with Gasteiger partial charge >= 0.3 is 0 Å². The zero-order chi connectivity index (χ0) is 37.1. The van der Waals surface area contributed by atoms with E-state index in [-0.39, 0.29) is 0 Å². The summed E-state index contributed by atoms with van der Waals surface area (Å²) >= 11 is 0. The molecule has 7 aromatic rings. The van der Waals surface area contributed by atoms with Crippen LogP contribution in [0.2, 0.25) is 0 Å². The van der Waals surface area contributed by atoms with Crippen LogP contribution in [0.3, 0.4) is 0 Å². The second kappa shape index (κ2) is 15.2. The Balaban J connectivity index is 1.06. The molecule has 6 aromatic carbocycles. The van der Waals surface area contributed by atoms with Gasteiger partial charge in [-0.25, -0.2) is 0 Å². The summed E-state index contributed by atoms with van der Waals surface area (Å²) in [5.74, 6) is 0. The lowest BCUT2D eigenvalue weighted by Crippen LogP contribution is -1.96. The third-order valence-electron chi connectivity index (χ3n) is 11.2. The lowest BCUT2D eigenvalue weighted by atomic mass is 9.83. The van der Waals surface area contributed by atoms with Crippen molar-refractivity contribution in [1.29, 1.82) is 0 Å². The standard InChI is InChI=1S/C54H45N/c1-3-4-5-6-7-8-9-11-17-38-18-16-19-44(33-38)54-47-21-13-10-12-20-45(47)53(46-22-14-15-23-48(46)54)40-28-26-39(27-29-40)41-30-31-43-34-50-49-32-37(2)24-25-42(49)36-52(50)55-51(43)35-41/h3,7-9,11-16,18-35H,1,4-6,10,17,36H2,2H3/b8-7-,11-9-. The first kappa shape index (κ1) is 34.5. The van der Waals surface area contributed by atoms with Crippen LogP contribution in [-0.2, 0) is 12.8 Å². The summed E-state index contributed by atoms with van der Waals surface area (Å²) in [5.41, 5.74) is 18.9. The Morgan fingerprint density at radius 2 is 1.38 bits per heavy atom. The SMILES string of the molecule is C=CCCC/C=C\C=C/Cc1cccc(-c2c3c(c(-c4ccc(-c5ccc6cc7c(nc6c5)Cc5ccc(C)cc5-7)cc4)c4ccccc24)C=CCC=C3)c1. The summed E-state index contributed by atoms with van der Waals surface area (Å²) in [6.07, 6.45) is 26.2. The van der Waals surface area contributed by atoms with E-state index in [1.165, 1.54) is 94.2 Å². The molecular weight excluding hydrogens is 663 g/mol. The molecule has 9 rings (SSSR count). The maximum atomic E-state index is 5.19. The van der Waals surface area contributed by atoms with E-state index in [4.69, 9.17) is 4.98 Å². The van der Waals surface area contributed by atoms with Gasteiger partial charge in [0.25, 0.3) is 0 Å². The van der Waals surface area contributed by atoms with Gasteiger partial charge in [0.05, 0.1) is 11.2 Å². The monoisotopic (exact) mass is 707 g/mol. The van der Waals surface area contributed by atoms with Crippen molar-refractivity contribution >= 4 is 33.8 Å². The number of benzene rings is 6. The Hall–Kier alpha value is -6.31. The highest BCUT2D eigenvalue weighted by Crippen LogP contribution is 2.45. The van der Waals surface area contributed by atoms with Gasteiger partial charge in [-0.3, -0.25) is 4.98 Å². The third kappa shape index (κ3) is 6.83. The van der Waals surface area contributed by atoms with Gasteiger partial charge in [0.1, 0.15) is 0 Å². The Kier molecular flexibility index (Phi) is 9.53. The van der Waals surface area contributed by atoms with Gasteiger partial charge in [-0.15, -0.1) is 6.58 Å². The number of fused-ring (bicyclic) bond motifs is 6. The number of aryl methyl sites for hydroxylation is 1. The second-order valence-corrected chi connectivity index (χ2v) is 14.9. The molecule has 0 unspecified atom stereocenters. The van der Waals surface area contributed by atoms with Gasteiger partial charge in [0, 0.05) is 17.4 Å². The Morgan fingerprint density at radius 3 is 2.18 bits per heavy atom. The first-order chi connectivity index (χ1) is 27.1. The highest BCUT2D eigenvalue weighted by molar-refractivity contribution is 6.12. The smallest absolute Gasteiger partial charge is 0.0712 e. The molecule has 55 heavy (non-hydrogen) atoms. The summed E-state index contributed by atoms with van der Waals surface area (Å²) in [6.45, 7) is 5.98. The molecule has 0 N–H and O–H groups in total. The van der Waals surface area contributed by atoms with E-state index in [1.807, 2.05) is 6.08 Å². The van der Waals surface area contributed by atoms with Crippen molar-refractivity contribution in [1.82, 2.24) is 4.98 Å². The van der Waals surface area contributed by atoms with Crippen LogP contribution in [0.15, 0.2) is 164 Å². The number of hydrogen-bond donors (Lipinski definition) is 0. The molecule has 0 bridgehead atoms. The van der Waals surface area contributed by atoms with E-state index in [2.05, 4.69) is 177 Å². The molecule has 0 atom stereocenters. The lowest BCUT2D eigenvalue weighted by molar-refractivity contribution is 0.870. The zero-order valence-corrected chi connectivity index (χ0v) is 31.6. The van der Waals surface area contributed by atoms with Crippen molar-refractivity contribution in [2.75, 3.05) is 0 Å². The van der Waals surface area contributed by atoms with E-state index in [1.54, 1.807) is 0 Å². The van der Waals surface area contributed by atoms with Crippen LogP contribution in [-0.4, -0.2) is 4.98 Å². The fourth-order valence-electron chi connectivity index (χ4n) is 8.45. The molecule has 1 nitrogen and oxygen atoms in total. The quantitative estimate of drug-likeness (QED) is 0.0783. The molecule has 1 heterocycles. The van der Waals surface area contributed by atoms with Crippen molar-refractivity contribution in [3.8, 4) is 44.5 Å². The van der Waals surface area contributed by atoms with Crippen LogP contribution in [0.5, 0.6) is 0 Å². The van der Waals surface area contributed by atoms with Crippen molar-refractivity contribution in [2.45, 2.75) is 45.4 Å². The van der Waals surface area contributed by atoms with Crippen LogP contribution < -0.4 is 0 Å². The molecule has 1 aromatic heterocycles. The Labute approximate surface area is 325 Å². The van der Waals surface area contributed by atoms with E-state index in [9.17, 15) is 0 Å². The van der Waals surface area contributed by atoms with E-state index >= 15 is 0 Å². The largest absolute Gasteiger partial charge is 0.252 e. The first-order valence-electron chi connectivity index (χ1n) is 19.7. The molecule has 0 spiro atoms. The number of unbranched alkanes of at least 4 members (excludes halogenated alkanes) is 2. The van der Waals surface area contributed by atoms with Crippen LogP contribution in [0.4, 0.5) is 0 Å². The third-order valence-corrected chi connectivity index (χ3v) is 11.2. The minimum Gasteiger partial charge on any atom is -0.252 e. The van der Waals surface area contributed by atoms with Crippen molar-refractivity contribution in [3.63, 3.8) is 0 Å². The number of pyridine rings is 1. The lowest BCUT2D eigenvalue weighted by Gasteiger charge is -2.20. The van der Waals surface area contributed by atoms with Crippen LogP contribution in [0, 0.1) is 6.92 Å². The van der Waals surface area contributed by atoms with Gasteiger partial charge in [0.15, 0.2) is 0 Å². The highest BCUT2D eigenvalue weighted by Gasteiger charge is 2.22. The summed E-state index contributed by atoms with van der Waals surface area (Å²) in [4.78, 5) is 5.19. The summed E-state index contributed by atoms with van der Waals surface area (Å²) in [6, 6.07) is 43.1.